The minimum absolute atomic E-state index is 0.0160. The maximum absolute atomic E-state index is 12.3. The summed E-state index contributed by atoms with van der Waals surface area (Å²) in [4.78, 5) is 12.3. The first-order chi connectivity index (χ1) is 9.58. The Labute approximate surface area is 130 Å². The van der Waals surface area contributed by atoms with E-state index in [0.717, 1.165) is 12.8 Å². The number of amides is 1. The highest BCUT2D eigenvalue weighted by Crippen LogP contribution is 2.28. The minimum atomic E-state index is -0.139. The number of rotatable bonds is 2. The van der Waals surface area contributed by atoms with Crippen LogP contribution in [0.5, 0.6) is 5.75 Å². The Morgan fingerprint density at radius 1 is 1.29 bits per heavy atom. The zero-order chi connectivity index (χ0) is 15.8. The van der Waals surface area contributed by atoms with Crippen LogP contribution >= 0.6 is 0 Å². The molecule has 1 fully saturated rings. The van der Waals surface area contributed by atoms with Crippen molar-refractivity contribution in [1.29, 1.82) is 0 Å². The number of carbonyl (C=O) groups is 1. The first-order valence-electron chi connectivity index (χ1n) is 7.18. The Kier molecular flexibility index (Phi) is 4.22. The second kappa shape index (κ2) is 5.50. The van der Waals surface area contributed by atoms with E-state index in [-0.39, 0.29) is 28.8 Å². The number of halogens is 1. The fraction of sp³-hybridized carbons (Fsp3) is 0.562. The molecule has 1 aliphatic heterocycles. The van der Waals surface area contributed by atoms with Gasteiger partial charge in [0.15, 0.2) is 17.4 Å². The zero-order valence-corrected chi connectivity index (χ0v) is 13.8. The van der Waals surface area contributed by atoms with Crippen molar-refractivity contribution in [3.8, 4) is 5.75 Å². The largest absolute Gasteiger partial charge is 0.503 e. The zero-order valence-electron chi connectivity index (χ0n) is 13.0. The quantitative estimate of drug-likeness (QED) is 0.784. The predicted molar refractivity (Wildman–Crippen MR) is 80.4 cm³/mol. The first-order valence-corrected chi connectivity index (χ1v) is 7.59. The van der Waals surface area contributed by atoms with Crippen LogP contribution in [0.25, 0.3) is 0 Å². The summed E-state index contributed by atoms with van der Waals surface area (Å²) in [5.74, 6) is -0.106. The molecule has 116 valence electrons. The lowest BCUT2D eigenvalue weighted by atomic mass is 9.79. The number of piperidine rings is 1. The van der Waals surface area contributed by atoms with Gasteiger partial charge in [0.25, 0.3) is 10.9 Å². The van der Waals surface area contributed by atoms with Crippen LogP contribution in [0, 0.1) is 11.6 Å². The normalized spacial score (nSPS) is 21.0. The monoisotopic (exact) mass is 311 g/mol. The van der Waals surface area contributed by atoms with Crippen LogP contribution < -0.4 is 10.6 Å². The SMILES string of the molecule is CC1(C)CC(NC(=O)c2ccc(O)c([ClH+])c2)CC(C)(C)N1. The van der Waals surface area contributed by atoms with Crippen LogP contribution in [0.2, 0.25) is 5.02 Å². The third-order valence-electron chi connectivity index (χ3n) is 3.75. The number of nitrogens with one attached hydrogen (secondary N) is 2. The molecular weight excluding hydrogens is 288 g/mol. The van der Waals surface area contributed by atoms with Gasteiger partial charge in [0.1, 0.15) is 0 Å². The molecular formula is C16H24ClN2O2+. The van der Waals surface area contributed by atoms with E-state index in [1.165, 1.54) is 12.1 Å². The molecule has 21 heavy (non-hydrogen) atoms. The minimum Gasteiger partial charge on any atom is -0.503 e. The molecule has 0 bridgehead atoms. The summed E-state index contributed by atoms with van der Waals surface area (Å²) in [6.07, 6.45) is 1.75. The van der Waals surface area contributed by atoms with Crippen LogP contribution in [0.3, 0.4) is 0 Å². The third kappa shape index (κ3) is 4.11. The lowest BCUT2D eigenvalue weighted by Gasteiger charge is -2.46. The van der Waals surface area contributed by atoms with Gasteiger partial charge in [-0.15, -0.1) is 0 Å². The second-order valence-electron chi connectivity index (χ2n) is 7.15. The van der Waals surface area contributed by atoms with Crippen LogP contribution in [-0.2, 0) is 0 Å². The maximum Gasteiger partial charge on any atom is 0.267 e. The molecule has 0 unspecified atom stereocenters. The third-order valence-corrected chi connectivity index (χ3v) is 4.07. The number of hydrogen-bond donors (Lipinski definition) is 3. The average Bonchev–Trinajstić information content (AvgIpc) is 2.28. The number of hydrogen-bond acceptors (Lipinski definition) is 3. The van der Waals surface area contributed by atoms with Gasteiger partial charge in [-0.05, 0) is 52.7 Å². The summed E-state index contributed by atoms with van der Waals surface area (Å²) in [5.41, 5.74) is 0.460. The van der Waals surface area contributed by atoms with Crippen molar-refractivity contribution in [3.63, 3.8) is 0 Å². The highest BCUT2D eigenvalue weighted by atomic mass is 35.5. The van der Waals surface area contributed by atoms with Gasteiger partial charge in [-0.1, -0.05) is 0 Å². The Hall–Kier alpha value is -1.26. The molecule has 3 N–H and O–H groups in total. The van der Waals surface area contributed by atoms with Gasteiger partial charge in [-0.3, -0.25) is 4.79 Å². The van der Waals surface area contributed by atoms with Crippen LogP contribution in [0.4, 0.5) is 0 Å². The standard InChI is InChI=1S/C16H23ClN2O2/c1-15(2)8-11(9-16(3,4)19-15)18-14(21)10-5-6-13(20)12(17)7-10/h5-7,11,17,19H,8-9H2,1-4H3,(H-,18,20,21)/p+1. The van der Waals surface area contributed by atoms with E-state index in [4.69, 9.17) is 11.6 Å². The first kappa shape index (κ1) is 16.1. The van der Waals surface area contributed by atoms with E-state index in [2.05, 4.69) is 38.3 Å². The van der Waals surface area contributed by atoms with Crippen molar-refractivity contribution in [3.05, 3.63) is 28.8 Å². The molecule has 4 nitrogen and oxygen atoms in total. The van der Waals surface area contributed by atoms with Crippen LogP contribution in [-0.4, -0.2) is 28.1 Å². The van der Waals surface area contributed by atoms with Crippen molar-refractivity contribution in [2.75, 3.05) is 0 Å². The van der Waals surface area contributed by atoms with E-state index in [1.54, 1.807) is 6.07 Å². The molecule has 0 spiro atoms. The van der Waals surface area contributed by atoms with Crippen molar-refractivity contribution < 1.29 is 21.5 Å². The van der Waals surface area contributed by atoms with Gasteiger partial charge >= 0.3 is 0 Å². The molecule has 1 heterocycles. The number of phenols is 1. The molecule has 1 amide bonds. The molecule has 1 aromatic rings. The van der Waals surface area contributed by atoms with Gasteiger partial charge in [-0.25, -0.2) is 0 Å². The van der Waals surface area contributed by atoms with E-state index < -0.39 is 0 Å². The molecule has 0 atom stereocenters. The highest BCUT2D eigenvalue weighted by Gasteiger charge is 2.38. The molecule has 0 saturated carbocycles. The Balaban J connectivity index is 2.10. The highest BCUT2D eigenvalue weighted by molar-refractivity contribution is 5.94. The maximum atomic E-state index is 12.3. The molecule has 1 saturated heterocycles. The van der Waals surface area contributed by atoms with Crippen molar-refractivity contribution in [1.82, 2.24) is 10.6 Å². The summed E-state index contributed by atoms with van der Waals surface area (Å²) in [5, 5.41) is 16.4. The topological polar surface area (TPSA) is 61.4 Å². The Morgan fingerprint density at radius 2 is 1.86 bits per heavy atom. The average molecular weight is 312 g/mol. The van der Waals surface area contributed by atoms with Crippen LogP contribution in [0.1, 0.15) is 50.9 Å². The molecule has 1 aliphatic rings. The Morgan fingerprint density at radius 3 is 2.38 bits per heavy atom. The van der Waals surface area contributed by atoms with Crippen molar-refractivity contribution >= 4 is 5.91 Å². The van der Waals surface area contributed by atoms with Gasteiger partial charge < -0.3 is 15.7 Å². The van der Waals surface area contributed by atoms with Gasteiger partial charge in [-0.2, -0.15) is 0 Å². The van der Waals surface area contributed by atoms with Gasteiger partial charge in [0.05, 0.1) is 0 Å². The predicted octanol–water partition coefficient (Wildman–Crippen LogP) is 2.13. The number of carbonyl (C=O) groups excluding carboxylic acids is 1. The van der Waals surface area contributed by atoms with Gasteiger partial charge in [0.2, 0.25) is 0 Å². The number of phenolic OH excluding ortho intramolecular Hbond substituents is 1. The molecule has 2 rings (SSSR count). The molecule has 0 aliphatic carbocycles. The summed E-state index contributed by atoms with van der Waals surface area (Å²) >= 11 is 5.00. The smallest absolute Gasteiger partial charge is 0.267 e. The lowest BCUT2D eigenvalue weighted by molar-refractivity contribution is -0.290. The summed E-state index contributed by atoms with van der Waals surface area (Å²) < 4.78 is 0. The Bertz CT molecular complexity index is 539. The van der Waals surface area contributed by atoms with E-state index in [0.29, 0.717) is 10.6 Å². The summed E-state index contributed by atoms with van der Waals surface area (Å²) in [6.45, 7) is 8.59. The molecule has 1 aromatic carbocycles. The second-order valence-corrected chi connectivity index (χ2v) is 7.59. The van der Waals surface area contributed by atoms with Crippen molar-refractivity contribution in [2.45, 2.75) is 57.7 Å². The molecule has 0 aromatic heterocycles. The van der Waals surface area contributed by atoms with E-state index in [9.17, 15) is 9.90 Å². The van der Waals surface area contributed by atoms with Crippen LogP contribution in [0.15, 0.2) is 18.2 Å². The molecule has 5 heteroatoms. The fourth-order valence-corrected chi connectivity index (χ4v) is 3.54. The number of benzene rings is 1. The van der Waals surface area contributed by atoms with Crippen molar-refractivity contribution in [2.24, 2.45) is 0 Å². The fourth-order valence-electron chi connectivity index (χ4n) is 3.35. The van der Waals surface area contributed by atoms with E-state index in [1.807, 2.05) is 0 Å². The summed E-state index contributed by atoms with van der Waals surface area (Å²) in [6, 6.07) is 4.72. The lowest BCUT2D eigenvalue weighted by Crippen LogP contribution is -2.62. The summed E-state index contributed by atoms with van der Waals surface area (Å²) in [7, 11) is 0. The molecule has 0 radical (unpaired) electrons. The number of aromatic hydroxyl groups is 1. The van der Waals surface area contributed by atoms with Gasteiger partial charge in [0, 0.05) is 28.7 Å². The van der Waals surface area contributed by atoms with E-state index >= 15 is 0 Å².